The lowest BCUT2D eigenvalue weighted by molar-refractivity contribution is -0.137. The van der Waals surface area contributed by atoms with E-state index in [9.17, 15) is 26.4 Å². The van der Waals surface area contributed by atoms with Crippen LogP contribution in [0.2, 0.25) is 0 Å². The Hall–Kier alpha value is -2.92. The summed E-state index contributed by atoms with van der Waals surface area (Å²) in [5.41, 5.74) is 0.492. The molecule has 1 aliphatic rings. The number of carbonyl (C=O) groups excluding carboxylic acids is 1. The highest BCUT2D eigenvalue weighted by molar-refractivity contribution is 7.93. The Balaban J connectivity index is 1.57. The Labute approximate surface area is 174 Å². The molecule has 4 rings (SSSR count). The van der Waals surface area contributed by atoms with Gasteiger partial charge in [0.1, 0.15) is 0 Å². The molecule has 2 heterocycles. The van der Waals surface area contributed by atoms with Crippen molar-refractivity contribution in [2.24, 2.45) is 0 Å². The van der Waals surface area contributed by atoms with E-state index in [1.165, 1.54) is 29.3 Å². The number of fused-ring (bicyclic) bond motifs is 1. The van der Waals surface area contributed by atoms with E-state index in [4.69, 9.17) is 0 Å². The van der Waals surface area contributed by atoms with Gasteiger partial charge in [-0.2, -0.15) is 13.2 Å². The number of benzene rings is 2. The molecule has 2 aromatic carbocycles. The molecular weight excluding hydrogens is 439 g/mol. The van der Waals surface area contributed by atoms with E-state index in [0.29, 0.717) is 24.2 Å². The average Bonchev–Trinajstić information content (AvgIpc) is 3.35. The fraction of sp³-hybridized carbons (Fsp3) is 0.158. The number of thiazole rings is 1. The second kappa shape index (κ2) is 7.40. The van der Waals surface area contributed by atoms with Gasteiger partial charge in [-0.05, 0) is 54.4 Å². The molecule has 0 bridgehead atoms. The number of nitrogens with one attached hydrogen (secondary N) is 1. The van der Waals surface area contributed by atoms with Gasteiger partial charge < -0.3 is 4.90 Å². The quantitative estimate of drug-likeness (QED) is 0.643. The van der Waals surface area contributed by atoms with E-state index in [2.05, 4.69) is 9.71 Å². The molecule has 156 valence electrons. The predicted molar refractivity (Wildman–Crippen MR) is 106 cm³/mol. The molecule has 0 spiro atoms. The highest BCUT2D eigenvalue weighted by Gasteiger charge is 2.31. The maximum absolute atomic E-state index is 12.8. The standard InChI is InChI=1S/C19H14F3N3O3S2/c20-19(21,22)14-3-1-12(2-4-14)17(26)25-9-7-13-11-15(5-6-16(13)25)30(27,28)24-18-23-8-10-29-18/h1-6,8,10-11H,7,9H2,(H,23,24). The molecule has 6 nitrogen and oxygen atoms in total. The molecule has 11 heteroatoms. The molecule has 0 unspecified atom stereocenters. The lowest BCUT2D eigenvalue weighted by Crippen LogP contribution is -2.28. The van der Waals surface area contributed by atoms with Crippen molar-refractivity contribution in [2.45, 2.75) is 17.5 Å². The van der Waals surface area contributed by atoms with Gasteiger partial charge in [-0.15, -0.1) is 11.3 Å². The first-order valence-electron chi connectivity index (χ1n) is 8.69. The van der Waals surface area contributed by atoms with Crippen LogP contribution in [-0.4, -0.2) is 25.9 Å². The van der Waals surface area contributed by atoms with Gasteiger partial charge in [0.25, 0.3) is 15.9 Å². The normalized spacial score (nSPS) is 13.9. The number of hydrogen-bond acceptors (Lipinski definition) is 5. The highest BCUT2D eigenvalue weighted by Crippen LogP contribution is 2.33. The Kier molecular flexibility index (Phi) is 5.02. The predicted octanol–water partition coefficient (Wildman–Crippen LogP) is 4.17. The minimum absolute atomic E-state index is 0.0419. The number of alkyl halides is 3. The molecule has 0 aliphatic carbocycles. The summed E-state index contributed by atoms with van der Waals surface area (Å²) in [6.07, 6.45) is -2.56. The zero-order chi connectivity index (χ0) is 21.5. The van der Waals surface area contributed by atoms with Crippen LogP contribution in [0, 0.1) is 0 Å². The van der Waals surface area contributed by atoms with Crippen LogP contribution in [0.1, 0.15) is 21.5 Å². The number of hydrogen-bond donors (Lipinski definition) is 1. The highest BCUT2D eigenvalue weighted by atomic mass is 32.2. The molecule has 1 N–H and O–H groups in total. The van der Waals surface area contributed by atoms with Crippen LogP contribution in [0.4, 0.5) is 24.0 Å². The van der Waals surface area contributed by atoms with Gasteiger partial charge >= 0.3 is 6.18 Å². The summed E-state index contributed by atoms with van der Waals surface area (Å²) in [4.78, 5) is 18.1. The van der Waals surface area contributed by atoms with E-state index >= 15 is 0 Å². The third kappa shape index (κ3) is 3.90. The summed E-state index contributed by atoms with van der Waals surface area (Å²) >= 11 is 1.15. The van der Waals surface area contributed by atoms with Gasteiger partial charge in [0, 0.05) is 29.4 Å². The summed E-state index contributed by atoms with van der Waals surface area (Å²) in [7, 11) is -3.83. The SMILES string of the molecule is O=C(c1ccc(C(F)(F)F)cc1)N1CCc2cc(S(=O)(=O)Nc3nccs3)ccc21. The molecule has 0 atom stereocenters. The molecule has 1 amide bonds. The number of amides is 1. The van der Waals surface area contributed by atoms with E-state index in [0.717, 1.165) is 35.6 Å². The number of rotatable bonds is 4. The van der Waals surface area contributed by atoms with Crippen LogP contribution in [0.5, 0.6) is 0 Å². The van der Waals surface area contributed by atoms with Crippen LogP contribution < -0.4 is 9.62 Å². The average molecular weight is 453 g/mol. The number of halogens is 3. The molecule has 0 radical (unpaired) electrons. The van der Waals surface area contributed by atoms with E-state index in [1.54, 1.807) is 5.38 Å². The smallest absolute Gasteiger partial charge is 0.308 e. The fourth-order valence-electron chi connectivity index (χ4n) is 3.16. The van der Waals surface area contributed by atoms with Gasteiger partial charge in [0.2, 0.25) is 0 Å². The summed E-state index contributed by atoms with van der Waals surface area (Å²) < 4.78 is 65.6. The van der Waals surface area contributed by atoms with Crippen molar-refractivity contribution >= 4 is 38.1 Å². The molecule has 0 saturated carbocycles. The second-order valence-corrected chi connectivity index (χ2v) is 9.09. The summed E-state index contributed by atoms with van der Waals surface area (Å²) in [6, 6.07) is 8.41. The maximum atomic E-state index is 12.8. The number of anilines is 2. The van der Waals surface area contributed by atoms with Crippen LogP contribution in [0.3, 0.4) is 0 Å². The van der Waals surface area contributed by atoms with Gasteiger partial charge in [0.05, 0.1) is 10.5 Å². The first-order chi connectivity index (χ1) is 14.1. The summed E-state index contributed by atoms with van der Waals surface area (Å²) in [5, 5.41) is 1.89. The van der Waals surface area contributed by atoms with Gasteiger partial charge in [-0.25, -0.2) is 13.4 Å². The Morgan fingerprint density at radius 1 is 1.13 bits per heavy atom. The van der Waals surface area contributed by atoms with Gasteiger partial charge in [-0.3, -0.25) is 9.52 Å². The fourth-order valence-corrected chi connectivity index (χ4v) is 5.00. The zero-order valence-corrected chi connectivity index (χ0v) is 16.8. The van der Waals surface area contributed by atoms with Crippen molar-refractivity contribution in [3.63, 3.8) is 0 Å². The molecule has 1 aliphatic heterocycles. The molecule has 30 heavy (non-hydrogen) atoms. The van der Waals surface area contributed by atoms with Crippen molar-refractivity contribution in [1.29, 1.82) is 0 Å². The monoisotopic (exact) mass is 453 g/mol. The summed E-state index contributed by atoms with van der Waals surface area (Å²) in [6.45, 7) is 0.304. The maximum Gasteiger partial charge on any atom is 0.416 e. The van der Waals surface area contributed by atoms with Crippen molar-refractivity contribution in [2.75, 3.05) is 16.2 Å². The van der Waals surface area contributed by atoms with Crippen molar-refractivity contribution in [3.8, 4) is 0 Å². The Morgan fingerprint density at radius 2 is 1.87 bits per heavy atom. The third-order valence-electron chi connectivity index (χ3n) is 4.62. The molecule has 0 fully saturated rings. The van der Waals surface area contributed by atoms with E-state index in [-0.39, 0.29) is 15.6 Å². The van der Waals surface area contributed by atoms with Crippen molar-refractivity contribution in [3.05, 3.63) is 70.7 Å². The number of aromatic nitrogens is 1. The van der Waals surface area contributed by atoms with Crippen molar-refractivity contribution < 1.29 is 26.4 Å². The van der Waals surface area contributed by atoms with Gasteiger partial charge in [-0.1, -0.05) is 0 Å². The molecule has 0 saturated heterocycles. The van der Waals surface area contributed by atoms with Crippen molar-refractivity contribution in [1.82, 2.24) is 4.98 Å². The minimum Gasteiger partial charge on any atom is -0.308 e. The van der Waals surface area contributed by atoms with Crippen LogP contribution in [-0.2, 0) is 22.6 Å². The Bertz CT molecular complexity index is 1190. The van der Waals surface area contributed by atoms with Crippen LogP contribution in [0.25, 0.3) is 0 Å². The first kappa shape index (κ1) is 20.4. The molecular formula is C19H14F3N3O3S2. The Morgan fingerprint density at radius 3 is 2.50 bits per heavy atom. The van der Waals surface area contributed by atoms with E-state index in [1.807, 2.05) is 0 Å². The topological polar surface area (TPSA) is 79.4 Å². The number of nitrogens with zero attached hydrogens (tertiary/aromatic N) is 2. The van der Waals surface area contributed by atoms with Gasteiger partial charge in [0.15, 0.2) is 5.13 Å². The van der Waals surface area contributed by atoms with E-state index < -0.39 is 27.7 Å². The minimum atomic E-state index is -4.48. The number of carbonyl (C=O) groups is 1. The second-order valence-electron chi connectivity index (χ2n) is 6.52. The molecule has 1 aromatic heterocycles. The third-order valence-corrected chi connectivity index (χ3v) is 6.77. The molecule has 3 aromatic rings. The summed E-state index contributed by atoms with van der Waals surface area (Å²) in [5.74, 6) is -0.445. The lowest BCUT2D eigenvalue weighted by Gasteiger charge is -2.18. The zero-order valence-electron chi connectivity index (χ0n) is 15.2. The number of sulfonamides is 1. The lowest BCUT2D eigenvalue weighted by atomic mass is 10.1. The van der Waals surface area contributed by atoms with Crippen LogP contribution >= 0.6 is 11.3 Å². The largest absolute Gasteiger partial charge is 0.416 e. The van der Waals surface area contributed by atoms with Crippen LogP contribution in [0.15, 0.2) is 58.9 Å². The first-order valence-corrected chi connectivity index (χ1v) is 11.1.